The largest absolute Gasteiger partial charge is 0.481 e. The number of nitrogens with zero attached hydrogens (tertiary/aromatic N) is 2. The molecule has 0 aromatic heterocycles. The summed E-state index contributed by atoms with van der Waals surface area (Å²) >= 11 is 0. The Morgan fingerprint density at radius 1 is 1.37 bits per heavy atom. The molecule has 2 atom stereocenters. The molecule has 19 heavy (non-hydrogen) atoms. The third-order valence-corrected chi connectivity index (χ3v) is 3.76. The summed E-state index contributed by atoms with van der Waals surface area (Å²) < 4.78 is 5.20. The summed E-state index contributed by atoms with van der Waals surface area (Å²) in [5.74, 6) is -1.70. The van der Waals surface area contributed by atoms with Crippen molar-refractivity contribution in [1.29, 1.82) is 0 Å². The number of carbonyl (C=O) groups is 3. The Bertz CT molecular complexity index is 382. The molecule has 0 saturated carbocycles. The summed E-state index contributed by atoms with van der Waals surface area (Å²) in [5, 5.41) is 9.07. The van der Waals surface area contributed by atoms with E-state index in [-0.39, 0.29) is 37.3 Å². The number of hydrogen-bond donors (Lipinski definition) is 1. The maximum absolute atomic E-state index is 11.5. The molecule has 7 heteroatoms. The molecule has 2 fully saturated rings. The highest BCUT2D eigenvalue weighted by Gasteiger charge is 2.37. The van der Waals surface area contributed by atoms with E-state index in [0.29, 0.717) is 19.7 Å². The second-order valence-electron chi connectivity index (χ2n) is 4.97. The minimum Gasteiger partial charge on any atom is -0.481 e. The van der Waals surface area contributed by atoms with Crippen molar-refractivity contribution in [3.8, 4) is 0 Å². The number of carboxylic acid groups (broad SMARTS) is 1. The molecule has 0 radical (unpaired) electrons. The zero-order valence-electron chi connectivity index (χ0n) is 10.9. The van der Waals surface area contributed by atoms with Crippen LogP contribution in [0.15, 0.2) is 0 Å². The maximum atomic E-state index is 11.5. The summed E-state index contributed by atoms with van der Waals surface area (Å²) in [6.45, 7) is 1.37. The van der Waals surface area contributed by atoms with E-state index in [4.69, 9.17) is 9.84 Å². The first-order valence-electron chi connectivity index (χ1n) is 6.34. The molecule has 2 amide bonds. The van der Waals surface area contributed by atoms with Gasteiger partial charge in [-0.25, -0.2) is 0 Å². The van der Waals surface area contributed by atoms with Crippen LogP contribution in [-0.4, -0.2) is 72.1 Å². The van der Waals surface area contributed by atoms with Crippen molar-refractivity contribution in [2.75, 3.05) is 33.4 Å². The number of aliphatic carboxylic acids is 1. The second-order valence-corrected chi connectivity index (χ2v) is 4.97. The molecule has 1 N–H and O–H groups in total. The molecule has 2 heterocycles. The first kappa shape index (κ1) is 14.0. The quantitative estimate of drug-likeness (QED) is 0.656. The number of amides is 2. The Labute approximate surface area is 111 Å². The van der Waals surface area contributed by atoms with E-state index in [0.717, 1.165) is 0 Å². The van der Waals surface area contributed by atoms with Crippen LogP contribution in [0.1, 0.15) is 12.8 Å². The van der Waals surface area contributed by atoms with E-state index < -0.39 is 11.9 Å². The van der Waals surface area contributed by atoms with Crippen LogP contribution in [0.3, 0.4) is 0 Å². The predicted octanol–water partition coefficient (Wildman–Crippen LogP) is -0.833. The van der Waals surface area contributed by atoms with Crippen molar-refractivity contribution < 1.29 is 24.2 Å². The average molecular weight is 270 g/mol. The first-order valence-corrected chi connectivity index (χ1v) is 6.34. The van der Waals surface area contributed by atoms with Gasteiger partial charge in [0.1, 0.15) is 0 Å². The van der Waals surface area contributed by atoms with Crippen molar-refractivity contribution in [2.45, 2.75) is 18.9 Å². The van der Waals surface area contributed by atoms with Crippen molar-refractivity contribution in [3.63, 3.8) is 0 Å². The van der Waals surface area contributed by atoms with Gasteiger partial charge in [-0.2, -0.15) is 0 Å². The van der Waals surface area contributed by atoms with Crippen LogP contribution in [0.5, 0.6) is 0 Å². The zero-order chi connectivity index (χ0) is 14.0. The van der Waals surface area contributed by atoms with Gasteiger partial charge in [-0.3, -0.25) is 24.2 Å². The molecule has 0 bridgehead atoms. The Morgan fingerprint density at radius 3 is 2.58 bits per heavy atom. The highest BCUT2D eigenvalue weighted by molar-refractivity contribution is 6.01. The molecule has 7 nitrogen and oxygen atoms in total. The number of ether oxygens (including phenoxy) is 1. The first-order chi connectivity index (χ1) is 9.00. The molecule has 0 aromatic rings. The summed E-state index contributed by atoms with van der Waals surface area (Å²) in [6, 6.07) is -0.203. The summed E-state index contributed by atoms with van der Waals surface area (Å²) in [7, 11) is 1.79. The minimum atomic E-state index is -0.873. The van der Waals surface area contributed by atoms with Gasteiger partial charge in [0.2, 0.25) is 11.8 Å². The summed E-state index contributed by atoms with van der Waals surface area (Å²) in [4.78, 5) is 37.1. The highest BCUT2D eigenvalue weighted by Crippen LogP contribution is 2.19. The normalized spacial score (nSPS) is 27.6. The van der Waals surface area contributed by atoms with E-state index in [1.165, 1.54) is 4.90 Å². The molecule has 0 aliphatic carbocycles. The molecule has 0 aromatic carbocycles. The van der Waals surface area contributed by atoms with Crippen molar-refractivity contribution in [1.82, 2.24) is 9.80 Å². The highest BCUT2D eigenvalue weighted by atomic mass is 16.5. The fourth-order valence-corrected chi connectivity index (χ4v) is 2.51. The topological polar surface area (TPSA) is 87.2 Å². The van der Waals surface area contributed by atoms with Crippen molar-refractivity contribution >= 4 is 17.8 Å². The van der Waals surface area contributed by atoms with E-state index in [1.54, 1.807) is 7.05 Å². The van der Waals surface area contributed by atoms with Crippen molar-refractivity contribution in [3.05, 3.63) is 0 Å². The molecule has 2 aliphatic rings. The smallest absolute Gasteiger partial charge is 0.310 e. The zero-order valence-corrected chi connectivity index (χ0v) is 10.9. The number of rotatable bonds is 5. The van der Waals surface area contributed by atoms with Gasteiger partial charge in [0, 0.05) is 32.0 Å². The van der Waals surface area contributed by atoms with Gasteiger partial charge < -0.3 is 9.84 Å². The van der Waals surface area contributed by atoms with Gasteiger partial charge in [0.15, 0.2) is 0 Å². The number of imide groups is 1. The maximum Gasteiger partial charge on any atom is 0.310 e. The third-order valence-electron chi connectivity index (χ3n) is 3.76. The van der Waals surface area contributed by atoms with Crippen LogP contribution in [0.4, 0.5) is 0 Å². The van der Waals surface area contributed by atoms with Gasteiger partial charge in [-0.15, -0.1) is 0 Å². The van der Waals surface area contributed by atoms with Crippen LogP contribution in [-0.2, 0) is 19.1 Å². The minimum absolute atomic E-state index is 0.143. The summed E-state index contributed by atoms with van der Waals surface area (Å²) in [6.07, 6.45) is 0.569. The van der Waals surface area contributed by atoms with E-state index in [2.05, 4.69) is 0 Å². The molecular formula is C12H18N2O5. The van der Waals surface area contributed by atoms with E-state index >= 15 is 0 Å². The molecule has 2 unspecified atom stereocenters. The number of hydrogen-bond acceptors (Lipinski definition) is 5. The molecule has 2 aliphatic heterocycles. The van der Waals surface area contributed by atoms with Crippen LogP contribution in [0.25, 0.3) is 0 Å². The molecule has 0 spiro atoms. The number of carbonyl (C=O) groups excluding carboxylic acids is 2. The Morgan fingerprint density at radius 2 is 2.00 bits per heavy atom. The van der Waals surface area contributed by atoms with Gasteiger partial charge >= 0.3 is 5.97 Å². The Balaban J connectivity index is 1.87. The molecule has 2 saturated heterocycles. The lowest BCUT2D eigenvalue weighted by Crippen LogP contribution is -2.45. The molecular weight excluding hydrogens is 252 g/mol. The lowest BCUT2D eigenvalue weighted by atomic mass is 10.0. The van der Waals surface area contributed by atoms with Crippen LogP contribution < -0.4 is 0 Å². The summed E-state index contributed by atoms with van der Waals surface area (Å²) in [5.41, 5.74) is 0. The number of carboxylic acids is 1. The van der Waals surface area contributed by atoms with Crippen LogP contribution >= 0.6 is 0 Å². The van der Waals surface area contributed by atoms with Gasteiger partial charge in [0.25, 0.3) is 0 Å². The monoisotopic (exact) mass is 270 g/mol. The molecule has 106 valence electrons. The number of likely N-dealkylation sites (tertiary alicyclic amines) is 1. The van der Waals surface area contributed by atoms with Gasteiger partial charge in [0.05, 0.1) is 19.1 Å². The SMILES string of the molecule is CN(CCN1C(=O)CCC1=O)C1COCC1C(=O)O. The lowest BCUT2D eigenvalue weighted by Gasteiger charge is -2.27. The lowest BCUT2D eigenvalue weighted by molar-refractivity contribution is -0.144. The van der Waals surface area contributed by atoms with Crippen LogP contribution in [0, 0.1) is 5.92 Å². The van der Waals surface area contributed by atoms with Gasteiger partial charge in [-0.05, 0) is 7.05 Å². The average Bonchev–Trinajstić information content (AvgIpc) is 2.95. The van der Waals surface area contributed by atoms with E-state index in [9.17, 15) is 14.4 Å². The number of likely N-dealkylation sites (N-methyl/N-ethyl adjacent to an activating group) is 1. The van der Waals surface area contributed by atoms with Gasteiger partial charge in [-0.1, -0.05) is 0 Å². The predicted molar refractivity (Wildman–Crippen MR) is 64.3 cm³/mol. The fourth-order valence-electron chi connectivity index (χ4n) is 2.51. The van der Waals surface area contributed by atoms with Crippen molar-refractivity contribution in [2.24, 2.45) is 5.92 Å². The fraction of sp³-hybridized carbons (Fsp3) is 0.750. The molecule has 2 rings (SSSR count). The third kappa shape index (κ3) is 2.93. The Hall–Kier alpha value is -1.47. The second kappa shape index (κ2) is 5.66. The standard InChI is InChI=1S/C12H18N2O5/c1-13(9-7-19-6-8(9)12(17)18)4-5-14-10(15)2-3-11(14)16/h8-9H,2-7H2,1H3,(H,17,18). The Kier molecular flexibility index (Phi) is 4.16. The van der Waals surface area contributed by atoms with E-state index in [1.807, 2.05) is 4.90 Å². The van der Waals surface area contributed by atoms with Crippen LogP contribution in [0.2, 0.25) is 0 Å².